The van der Waals surface area contributed by atoms with Gasteiger partial charge in [-0.3, -0.25) is 0 Å². The molecular weight excluding hydrogens is 364 g/mol. The van der Waals surface area contributed by atoms with Crippen molar-refractivity contribution in [2.45, 2.75) is 19.4 Å². The standard InChI is InChI=1S/C23H22N4S/c1-2-7-18-16-27(14-12-17(18)6-1)23-25-21-10-4-3-9-20(21)22(26-23)24-13-11-19-8-5-15-28-19/h1-10,15H,11-14,16H2,(H,24,25,26). The zero-order valence-corrected chi connectivity index (χ0v) is 16.5. The molecule has 0 unspecified atom stereocenters. The van der Waals surface area contributed by atoms with Crippen LogP contribution in [0.15, 0.2) is 66.0 Å². The van der Waals surface area contributed by atoms with E-state index in [1.54, 1.807) is 11.3 Å². The Labute approximate surface area is 168 Å². The number of hydrogen-bond donors (Lipinski definition) is 1. The van der Waals surface area contributed by atoms with E-state index in [1.165, 1.54) is 16.0 Å². The van der Waals surface area contributed by atoms with Crippen LogP contribution in [0.2, 0.25) is 0 Å². The Balaban J connectivity index is 1.43. The normalized spacial score (nSPS) is 13.5. The van der Waals surface area contributed by atoms with Crippen molar-refractivity contribution >= 4 is 34.0 Å². The lowest BCUT2D eigenvalue weighted by Crippen LogP contribution is -2.32. The summed E-state index contributed by atoms with van der Waals surface area (Å²) in [7, 11) is 0. The van der Waals surface area contributed by atoms with Crippen molar-refractivity contribution in [3.8, 4) is 0 Å². The molecule has 28 heavy (non-hydrogen) atoms. The molecule has 1 aliphatic rings. The van der Waals surface area contributed by atoms with Gasteiger partial charge in [0.1, 0.15) is 5.82 Å². The fourth-order valence-corrected chi connectivity index (χ4v) is 4.47. The molecule has 0 fully saturated rings. The number of nitrogens with zero attached hydrogens (tertiary/aromatic N) is 3. The van der Waals surface area contributed by atoms with Crippen LogP contribution in [0.3, 0.4) is 0 Å². The van der Waals surface area contributed by atoms with Gasteiger partial charge in [0, 0.05) is 29.9 Å². The van der Waals surface area contributed by atoms with Crippen molar-refractivity contribution in [1.82, 2.24) is 9.97 Å². The van der Waals surface area contributed by atoms with E-state index in [-0.39, 0.29) is 0 Å². The smallest absolute Gasteiger partial charge is 0.228 e. The molecule has 0 aliphatic carbocycles. The average molecular weight is 387 g/mol. The summed E-state index contributed by atoms with van der Waals surface area (Å²) in [5.74, 6) is 1.74. The van der Waals surface area contributed by atoms with E-state index >= 15 is 0 Å². The van der Waals surface area contributed by atoms with Crippen LogP contribution in [0.5, 0.6) is 0 Å². The number of aromatic nitrogens is 2. The minimum Gasteiger partial charge on any atom is -0.369 e. The lowest BCUT2D eigenvalue weighted by molar-refractivity contribution is 0.710. The molecule has 4 aromatic rings. The molecule has 2 aromatic heterocycles. The quantitative estimate of drug-likeness (QED) is 0.529. The first kappa shape index (κ1) is 17.2. The monoisotopic (exact) mass is 386 g/mol. The van der Waals surface area contributed by atoms with Gasteiger partial charge in [-0.15, -0.1) is 11.3 Å². The largest absolute Gasteiger partial charge is 0.369 e. The highest BCUT2D eigenvalue weighted by atomic mass is 32.1. The number of para-hydroxylation sites is 1. The Kier molecular flexibility index (Phi) is 4.67. The van der Waals surface area contributed by atoms with Gasteiger partial charge < -0.3 is 10.2 Å². The Morgan fingerprint density at radius 2 is 1.79 bits per heavy atom. The number of hydrogen-bond acceptors (Lipinski definition) is 5. The molecule has 0 radical (unpaired) electrons. The van der Waals surface area contributed by atoms with Crippen LogP contribution in [0, 0.1) is 0 Å². The van der Waals surface area contributed by atoms with Crippen LogP contribution in [0.1, 0.15) is 16.0 Å². The van der Waals surface area contributed by atoms with Crippen molar-refractivity contribution in [2.24, 2.45) is 0 Å². The van der Waals surface area contributed by atoms with Crippen LogP contribution >= 0.6 is 11.3 Å². The number of rotatable bonds is 5. The summed E-state index contributed by atoms with van der Waals surface area (Å²) in [5, 5.41) is 6.76. The molecule has 0 saturated heterocycles. The van der Waals surface area contributed by atoms with Gasteiger partial charge in [-0.1, -0.05) is 42.5 Å². The number of anilines is 2. The first-order valence-corrected chi connectivity index (χ1v) is 10.6. The minimum absolute atomic E-state index is 0.812. The average Bonchev–Trinajstić information content (AvgIpc) is 3.27. The summed E-state index contributed by atoms with van der Waals surface area (Å²) in [4.78, 5) is 13.5. The van der Waals surface area contributed by atoms with Crippen molar-refractivity contribution in [2.75, 3.05) is 23.3 Å². The third-order valence-electron chi connectivity index (χ3n) is 5.25. The zero-order valence-electron chi connectivity index (χ0n) is 15.6. The Hall–Kier alpha value is -2.92. The van der Waals surface area contributed by atoms with Crippen LogP contribution in [-0.2, 0) is 19.4 Å². The molecule has 0 atom stereocenters. The topological polar surface area (TPSA) is 41.1 Å². The second-order valence-corrected chi connectivity index (χ2v) is 8.12. The maximum atomic E-state index is 4.92. The second kappa shape index (κ2) is 7.60. The molecule has 0 bridgehead atoms. The molecule has 2 aromatic carbocycles. The molecule has 1 aliphatic heterocycles. The van der Waals surface area contributed by atoms with Gasteiger partial charge in [0.15, 0.2) is 0 Å². The lowest BCUT2D eigenvalue weighted by Gasteiger charge is -2.29. The summed E-state index contributed by atoms with van der Waals surface area (Å²) in [6.45, 7) is 2.68. The van der Waals surface area contributed by atoms with E-state index in [0.717, 1.165) is 55.1 Å². The molecule has 140 valence electrons. The first-order chi connectivity index (χ1) is 13.9. The van der Waals surface area contributed by atoms with E-state index in [0.29, 0.717) is 0 Å². The van der Waals surface area contributed by atoms with Crippen molar-refractivity contribution in [1.29, 1.82) is 0 Å². The molecule has 5 heteroatoms. The molecule has 0 amide bonds. The molecule has 0 saturated carbocycles. The van der Waals surface area contributed by atoms with E-state index in [9.17, 15) is 0 Å². The van der Waals surface area contributed by atoms with Crippen LogP contribution < -0.4 is 10.2 Å². The summed E-state index contributed by atoms with van der Waals surface area (Å²) < 4.78 is 0. The predicted molar refractivity (Wildman–Crippen MR) is 117 cm³/mol. The van der Waals surface area contributed by atoms with Crippen molar-refractivity contribution < 1.29 is 0 Å². The van der Waals surface area contributed by atoms with Crippen LogP contribution in [-0.4, -0.2) is 23.1 Å². The third kappa shape index (κ3) is 3.45. The van der Waals surface area contributed by atoms with Gasteiger partial charge in [-0.2, -0.15) is 4.98 Å². The predicted octanol–water partition coefficient (Wildman–Crippen LogP) is 4.91. The summed E-state index contributed by atoms with van der Waals surface area (Å²) in [5.41, 5.74) is 3.80. The van der Waals surface area contributed by atoms with Gasteiger partial charge in [-0.25, -0.2) is 4.98 Å². The maximum Gasteiger partial charge on any atom is 0.228 e. The molecule has 4 nitrogen and oxygen atoms in total. The number of fused-ring (bicyclic) bond motifs is 2. The van der Waals surface area contributed by atoms with Gasteiger partial charge in [0.25, 0.3) is 0 Å². The number of thiophene rings is 1. The Morgan fingerprint density at radius 1 is 0.929 bits per heavy atom. The SMILES string of the molecule is c1csc(CCNc2nc(N3CCc4ccccc4C3)nc3ccccc23)c1. The Bertz CT molecular complexity index is 1090. The van der Waals surface area contributed by atoms with E-state index in [1.807, 2.05) is 12.1 Å². The summed E-state index contributed by atoms with van der Waals surface area (Å²) >= 11 is 1.80. The second-order valence-electron chi connectivity index (χ2n) is 7.09. The third-order valence-corrected chi connectivity index (χ3v) is 6.19. The maximum absolute atomic E-state index is 4.92. The van der Waals surface area contributed by atoms with Crippen molar-refractivity contribution in [3.05, 3.63) is 82.0 Å². The molecule has 3 heterocycles. The fourth-order valence-electron chi connectivity index (χ4n) is 3.77. The van der Waals surface area contributed by atoms with Crippen molar-refractivity contribution in [3.63, 3.8) is 0 Å². The Morgan fingerprint density at radius 3 is 2.68 bits per heavy atom. The highest BCUT2D eigenvalue weighted by Gasteiger charge is 2.19. The van der Waals surface area contributed by atoms with Crippen LogP contribution in [0.4, 0.5) is 11.8 Å². The van der Waals surface area contributed by atoms with Gasteiger partial charge in [0.2, 0.25) is 5.95 Å². The van der Waals surface area contributed by atoms with E-state index < -0.39 is 0 Å². The highest BCUT2D eigenvalue weighted by molar-refractivity contribution is 7.09. The molecular formula is C23H22N4S. The summed E-state index contributed by atoms with van der Waals surface area (Å²) in [6, 6.07) is 21.2. The van der Waals surface area contributed by atoms with Gasteiger partial charge in [-0.05, 0) is 47.5 Å². The van der Waals surface area contributed by atoms with Gasteiger partial charge >= 0.3 is 0 Å². The lowest BCUT2D eigenvalue weighted by atomic mass is 10.0. The first-order valence-electron chi connectivity index (χ1n) is 9.71. The van der Waals surface area contributed by atoms with Crippen LogP contribution in [0.25, 0.3) is 10.9 Å². The zero-order chi connectivity index (χ0) is 18.8. The molecule has 1 N–H and O–H groups in total. The molecule has 5 rings (SSSR count). The fraction of sp³-hybridized carbons (Fsp3) is 0.217. The van der Waals surface area contributed by atoms with E-state index in [4.69, 9.17) is 9.97 Å². The van der Waals surface area contributed by atoms with E-state index in [2.05, 4.69) is 64.1 Å². The van der Waals surface area contributed by atoms with Gasteiger partial charge in [0.05, 0.1) is 5.52 Å². The number of nitrogens with one attached hydrogen (secondary N) is 1. The highest BCUT2D eigenvalue weighted by Crippen LogP contribution is 2.27. The summed E-state index contributed by atoms with van der Waals surface area (Å²) in [6.07, 6.45) is 2.04. The molecule has 0 spiro atoms. The number of benzene rings is 2. The minimum atomic E-state index is 0.812.